The fourth-order valence-electron chi connectivity index (χ4n) is 12.1. The number of methoxy groups -OCH3 is 1. The van der Waals surface area contributed by atoms with Gasteiger partial charge in [0.2, 0.25) is 0 Å². The lowest BCUT2D eigenvalue weighted by Crippen LogP contribution is -2.48. The number of ether oxygens (including phenoxy) is 1. The van der Waals surface area contributed by atoms with Gasteiger partial charge in [-0.2, -0.15) is 0 Å². The van der Waals surface area contributed by atoms with Crippen LogP contribution in [0.4, 0.5) is 0 Å². The fraction of sp³-hybridized carbons (Fsp3) is 0.658. The summed E-state index contributed by atoms with van der Waals surface area (Å²) in [4.78, 5) is 12.2. The topological polar surface area (TPSA) is 26.3 Å². The maximum atomic E-state index is 12.2. The molecule has 0 spiro atoms. The standard InChI is InChI=1S/C38H48O2/c1-36-14-5-6-32(36)28-9-7-23-19-35(40-4)31(21-30(23)27(28)12-15-36)24-18-34-29-10-8-25-20-26(39)11-17-38(25,3)33(29)13-16-37(34,2)22-24/h5,11,14,17,19-21,24,27-29,32-34H,6-10,12-13,15-16,18,22H2,1-4H3/t24?,27?,28?,29-,32?,33+,34+,36+,37-,38+/m1/s1. The zero-order valence-electron chi connectivity index (χ0n) is 25.2. The summed E-state index contributed by atoms with van der Waals surface area (Å²) in [6.45, 7) is 7.59. The lowest BCUT2D eigenvalue weighted by atomic mass is 9.48. The Kier molecular flexibility index (Phi) is 5.58. The van der Waals surface area contributed by atoms with E-state index in [0.29, 0.717) is 22.7 Å². The summed E-state index contributed by atoms with van der Waals surface area (Å²) in [5.41, 5.74) is 7.14. The highest BCUT2D eigenvalue weighted by Gasteiger charge is 2.58. The van der Waals surface area contributed by atoms with E-state index >= 15 is 0 Å². The van der Waals surface area contributed by atoms with E-state index in [1.54, 1.807) is 11.1 Å². The third kappa shape index (κ3) is 3.49. The number of hydrogen-bond acceptors (Lipinski definition) is 2. The molecule has 0 saturated heterocycles. The molecule has 2 heteroatoms. The number of benzene rings is 1. The SMILES string of the molecule is COc1cc2c(cc1C1C[C@H]3[C@@H]4CCC5=CC(=O)C=C[C@]5(C)[C@H]4CC[C@]3(C)C1)C1CC[C@]3(C)C=CCC3C1CC2. The van der Waals surface area contributed by atoms with Crippen molar-refractivity contribution < 1.29 is 9.53 Å². The van der Waals surface area contributed by atoms with Crippen molar-refractivity contribution in [2.45, 2.75) is 103 Å². The molecule has 10 atom stereocenters. The van der Waals surface area contributed by atoms with Gasteiger partial charge in [0.15, 0.2) is 5.78 Å². The summed E-state index contributed by atoms with van der Waals surface area (Å²) in [6.07, 6.45) is 25.3. The molecule has 0 N–H and O–H groups in total. The van der Waals surface area contributed by atoms with Gasteiger partial charge in [-0.25, -0.2) is 0 Å². The van der Waals surface area contributed by atoms with Crippen LogP contribution in [0.2, 0.25) is 0 Å². The van der Waals surface area contributed by atoms with Crippen LogP contribution in [-0.2, 0) is 11.2 Å². The highest BCUT2D eigenvalue weighted by atomic mass is 16.5. The van der Waals surface area contributed by atoms with Gasteiger partial charge in [0.1, 0.15) is 5.75 Å². The maximum Gasteiger partial charge on any atom is 0.178 e. The molecule has 0 amide bonds. The van der Waals surface area contributed by atoms with Gasteiger partial charge in [0.25, 0.3) is 0 Å². The normalized spacial score (nSPS) is 46.5. The molecule has 4 unspecified atom stereocenters. The number of aryl methyl sites for hydroxylation is 1. The molecule has 0 radical (unpaired) electrons. The molecule has 2 nitrogen and oxygen atoms in total. The zero-order valence-corrected chi connectivity index (χ0v) is 25.2. The van der Waals surface area contributed by atoms with E-state index in [4.69, 9.17) is 4.74 Å². The summed E-state index contributed by atoms with van der Waals surface area (Å²) in [7, 11) is 1.90. The summed E-state index contributed by atoms with van der Waals surface area (Å²) in [6, 6.07) is 5.15. The number of carbonyl (C=O) groups is 1. The molecule has 0 aromatic heterocycles. The van der Waals surface area contributed by atoms with E-state index in [9.17, 15) is 4.79 Å². The number of ketones is 1. The van der Waals surface area contributed by atoms with E-state index in [-0.39, 0.29) is 11.2 Å². The summed E-state index contributed by atoms with van der Waals surface area (Å²) in [5, 5.41) is 0. The molecular formula is C38H48O2. The van der Waals surface area contributed by atoms with Crippen LogP contribution >= 0.6 is 0 Å². The van der Waals surface area contributed by atoms with Gasteiger partial charge in [-0.1, -0.05) is 50.6 Å². The van der Waals surface area contributed by atoms with E-state index < -0.39 is 0 Å². The van der Waals surface area contributed by atoms with Gasteiger partial charge in [-0.3, -0.25) is 4.79 Å². The highest BCUT2D eigenvalue weighted by molar-refractivity contribution is 6.01. The Bertz CT molecular complexity index is 1350. The van der Waals surface area contributed by atoms with Crippen molar-refractivity contribution in [1.29, 1.82) is 0 Å². The number of allylic oxidation sites excluding steroid dienone is 6. The molecule has 8 rings (SSSR count). The van der Waals surface area contributed by atoms with Crippen molar-refractivity contribution in [2.24, 2.45) is 45.8 Å². The average molecular weight is 537 g/mol. The Morgan fingerprint density at radius 3 is 2.58 bits per heavy atom. The fourth-order valence-corrected chi connectivity index (χ4v) is 12.1. The van der Waals surface area contributed by atoms with Crippen molar-refractivity contribution in [2.75, 3.05) is 7.11 Å². The predicted molar refractivity (Wildman–Crippen MR) is 161 cm³/mol. The number of rotatable bonds is 2. The molecule has 4 fully saturated rings. The van der Waals surface area contributed by atoms with Crippen LogP contribution in [0.5, 0.6) is 5.75 Å². The van der Waals surface area contributed by atoms with Crippen molar-refractivity contribution in [1.82, 2.24) is 0 Å². The Balaban J connectivity index is 1.11. The maximum absolute atomic E-state index is 12.2. The molecule has 0 aliphatic heterocycles. The summed E-state index contributed by atoms with van der Waals surface area (Å²) in [5.74, 6) is 6.59. The minimum Gasteiger partial charge on any atom is -0.496 e. The molecule has 1 aromatic rings. The van der Waals surface area contributed by atoms with Crippen LogP contribution in [0.3, 0.4) is 0 Å². The highest BCUT2D eigenvalue weighted by Crippen LogP contribution is 2.67. The number of hydrogen-bond donors (Lipinski definition) is 0. The van der Waals surface area contributed by atoms with E-state index in [1.807, 2.05) is 19.3 Å². The molecule has 0 heterocycles. The first kappa shape index (κ1) is 25.6. The second-order valence-corrected chi connectivity index (χ2v) is 15.8. The van der Waals surface area contributed by atoms with Gasteiger partial charge in [0, 0.05) is 5.41 Å². The molecule has 0 bridgehead atoms. The van der Waals surface area contributed by atoms with Gasteiger partial charge < -0.3 is 4.74 Å². The molecular weight excluding hydrogens is 488 g/mol. The van der Waals surface area contributed by atoms with E-state index in [0.717, 1.165) is 36.0 Å². The van der Waals surface area contributed by atoms with Crippen molar-refractivity contribution >= 4 is 5.78 Å². The minimum absolute atomic E-state index is 0.0827. The zero-order chi connectivity index (χ0) is 27.4. The van der Waals surface area contributed by atoms with Crippen molar-refractivity contribution in [3.8, 4) is 5.75 Å². The first-order chi connectivity index (χ1) is 19.2. The Morgan fingerprint density at radius 2 is 1.73 bits per heavy atom. The van der Waals surface area contributed by atoms with Crippen molar-refractivity contribution in [3.05, 3.63) is 64.8 Å². The molecule has 7 aliphatic carbocycles. The van der Waals surface area contributed by atoms with Crippen LogP contribution in [-0.4, -0.2) is 12.9 Å². The molecule has 212 valence electrons. The van der Waals surface area contributed by atoms with Crippen LogP contribution in [0, 0.1) is 45.8 Å². The monoisotopic (exact) mass is 536 g/mol. The van der Waals surface area contributed by atoms with E-state index in [1.165, 1.54) is 81.1 Å². The second-order valence-electron chi connectivity index (χ2n) is 15.8. The third-order valence-electron chi connectivity index (χ3n) is 14.2. The molecule has 7 aliphatic rings. The van der Waals surface area contributed by atoms with Gasteiger partial charge in [-0.05, 0) is 158 Å². The lowest BCUT2D eigenvalue weighted by Gasteiger charge is -2.56. The van der Waals surface area contributed by atoms with E-state index in [2.05, 4.69) is 51.1 Å². The predicted octanol–water partition coefficient (Wildman–Crippen LogP) is 9.11. The van der Waals surface area contributed by atoms with Crippen LogP contribution < -0.4 is 4.74 Å². The van der Waals surface area contributed by atoms with Gasteiger partial charge in [-0.15, -0.1) is 0 Å². The van der Waals surface area contributed by atoms with Crippen LogP contribution in [0.25, 0.3) is 0 Å². The summed E-state index contributed by atoms with van der Waals surface area (Å²) >= 11 is 0. The van der Waals surface area contributed by atoms with Crippen LogP contribution in [0.15, 0.2) is 48.1 Å². The smallest absolute Gasteiger partial charge is 0.178 e. The molecule has 40 heavy (non-hydrogen) atoms. The van der Waals surface area contributed by atoms with Gasteiger partial charge >= 0.3 is 0 Å². The second kappa shape index (κ2) is 8.71. The largest absolute Gasteiger partial charge is 0.496 e. The lowest BCUT2D eigenvalue weighted by molar-refractivity contribution is -0.111. The number of carbonyl (C=O) groups excluding carboxylic acids is 1. The van der Waals surface area contributed by atoms with Crippen LogP contribution in [0.1, 0.15) is 114 Å². The van der Waals surface area contributed by atoms with Crippen molar-refractivity contribution in [3.63, 3.8) is 0 Å². The van der Waals surface area contributed by atoms with Gasteiger partial charge in [0.05, 0.1) is 7.11 Å². The first-order valence-corrected chi connectivity index (χ1v) is 16.5. The Morgan fingerprint density at radius 1 is 0.875 bits per heavy atom. The molecule has 4 saturated carbocycles. The average Bonchev–Trinajstić information content (AvgIpc) is 3.52. The summed E-state index contributed by atoms with van der Waals surface area (Å²) < 4.78 is 6.18. The third-order valence-corrected chi connectivity index (χ3v) is 14.2. The Labute approximate surface area is 241 Å². The number of fused-ring (bicyclic) bond motifs is 10. The quantitative estimate of drug-likeness (QED) is 0.352. The first-order valence-electron chi connectivity index (χ1n) is 16.5. The Hall–Kier alpha value is -2.09. The molecule has 1 aromatic carbocycles. The minimum atomic E-state index is 0.0827.